The Morgan fingerprint density at radius 3 is 2.19 bits per heavy atom. The maximum absolute atomic E-state index is 13.4. The minimum Gasteiger partial charge on any atom is -0.495 e. The second-order valence-corrected chi connectivity index (χ2v) is 9.10. The number of hydrogen-bond acceptors (Lipinski definition) is 6. The molecule has 0 bridgehead atoms. The van der Waals surface area contributed by atoms with Crippen LogP contribution in [-0.4, -0.2) is 35.1 Å². The number of methoxy groups -OCH3 is 2. The number of hydrogen-bond donors (Lipinski definition) is 2. The summed E-state index contributed by atoms with van der Waals surface area (Å²) in [5, 5.41) is 5.80. The van der Waals surface area contributed by atoms with Gasteiger partial charge in [-0.15, -0.1) is 0 Å². The first-order valence-electron chi connectivity index (χ1n) is 9.94. The molecule has 0 saturated heterocycles. The van der Waals surface area contributed by atoms with Crippen LogP contribution in [0.25, 0.3) is 0 Å². The number of carbonyl (C=O) groups is 1. The van der Waals surface area contributed by atoms with Gasteiger partial charge in [0.15, 0.2) is 10.6 Å². The smallest absolute Gasteiger partial charge is 0.243 e. The molecule has 3 aromatic rings. The Labute approximate surface area is 188 Å². The molecule has 0 radical (unpaired) electrons. The van der Waals surface area contributed by atoms with Crippen molar-refractivity contribution in [2.75, 3.05) is 31.4 Å². The quantitative estimate of drug-likeness (QED) is 0.530. The van der Waals surface area contributed by atoms with Crippen LogP contribution in [0.3, 0.4) is 0 Å². The Bertz CT molecular complexity index is 1220. The number of sulfone groups is 1. The van der Waals surface area contributed by atoms with Crippen LogP contribution >= 0.6 is 0 Å². The van der Waals surface area contributed by atoms with E-state index in [1.165, 1.54) is 20.3 Å². The van der Waals surface area contributed by atoms with Crippen LogP contribution in [0.5, 0.6) is 11.5 Å². The van der Waals surface area contributed by atoms with Crippen molar-refractivity contribution in [1.29, 1.82) is 0 Å². The van der Waals surface area contributed by atoms with Crippen LogP contribution in [0, 0.1) is 13.8 Å². The van der Waals surface area contributed by atoms with Crippen LogP contribution in [0.1, 0.15) is 11.1 Å². The number of carbonyl (C=O) groups excluding carboxylic acids is 1. The molecule has 0 fully saturated rings. The molecule has 0 saturated carbocycles. The van der Waals surface area contributed by atoms with E-state index in [0.29, 0.717) is 11.4 Å². The first-order chi connectivity index (χ1) is 15.3. The molecular formula is C24H26N2O5S. The second kappa shape index (κ2) is 9.74. The number of anilines is 2. The molecule has 0 heterocycles. The molecule has 0 aliphatic rings. The number of para-hydroxylation sites is 1. The van der Waals surface area contributed by atoms with Crippen molar-refractivity contribution in [2.24, 2.45) is 0 Å². The Balaban J connectivity index is 1.92. The largest absolute Gasteiger partial charge is 0.495 e. The number of nitrogens with one attached hydrogen (secondary N) is 2. The fourth-order valence-corrected chi connectivity index (χ4v) is 4.80. The van der Waals surface area contributed by atoms with E-state index in [4.69, 9.17) is 9.47 Å². The molecule has 8 heteroatoms. The SMILES string of the molecule is COc1ccc(NCC(=O)Nc2ccccc2C)c(OC)c1S(=O)(=O)c1ccc(C)cc1. The third-order valence-electron chi connectivity index (χ3n) is 4.96. The van der Waals surface area contributed by atoms with Gasteiger partial charge in [-0.05, 0) is 49.7 Å². The van der Waals surface area contributed by atoms with Gasteiger partial charge < -0.3 is 20.1 Å². The van der Waals surface area contributed by atoms with E-state index < -0.39 is 9.84 Å². The zero-order chi connectivity index (χ0) is 23.3. The second-order valence-electron chi connectivity index (χ2n) is 7.21. The summed E-state index contributed by atoms with van der Waals surface area (Å²) in [6.45, 7) is 3.70. The number of rotatable bonds is 8. The molecular weight excluding hydrogens is 428 g/mol. The lowest BCUT2D eigenvalue weighted by molar-refractivity contribution is -0.114. The molecule has 3 aromatic carbocycles. The highest BCUT2D eigenvalue weighted by atomic mass is 32.2. The number of aryl methyl sites for hydroxylation is 2. The molecule has 1 amide bonds. The van der Waals surface area contributed by atoms with Crippen LogP contribution in [-0.2, 0) is 14.6 Å². The number of benzene rings is 3. The highest BCUT2D eigenvalue weighted by molar-refractivity contribution is 7.91. The van der Waals surface area contributed by atoms with E-state index in [9.17, 15) is 13.2 Å². The summed E-state index contributed by atoms with van der Waals surface area (Å²) in [6.07, 6.45) is 0. The van der Waals surface area contributed by atoms with Crippen molar-refractivity contribution in [2.45, 2.75) is 23.6 Å². The number of amides is 1. The third kappa shape index (κ3) is 4.86. The van der Waals surface area contributed by atoms with Gasteiger partial charge in [0.2, 0.25) is 15.7 Å². The van der Waals surface area contributed by atoms with Crippen LogP contribution < -0.4 is 20.1 Å². The van der Waals surface area contributed by atoms with Gasteiger partial charge in [0.25, 0.3) is 0 Å². The van der Waals surface area contributed by atoms with Gasteiger partial charge in [-0.1, -0.05) is 35.9 Å². The average molecular weight is 455 g/mol. The summed E-state index contributed by atoms with van der Waals surface area (Å²) in [5.41, 5.74) is 2.95. The van der Waals surface area contributed by atoms with Gasteiger partial charge in [-0.3, -0.25) is 4.79 Å². The lowest BCUT2D eigenvalue weighted by atomic mass is 10.2. The summed E-state index contributed by atoms with van der Waals surface area (Å²) in [6, 6.07) is 17.1. The summed E-state index contributed by atoms with van der Waals surface area (Å²) >= 11 is 0. The third-order valence-corrected chi connectivity index (χ3v) is 6.78. The fourth-order valence-electron chi connectivity index (χ4n) is 3.22. The van der Waals surface area contributed by atoms with E-state index in [-0.39, 0.29) is 33.7 Å². The highest BCUT2D eigenvalue weighted by Crippen LogP contribution is 2.42. The maximum atomic E-state index is 13.4. The standard InChI is InChI=1S/C24H26N2O5S/c1-16-9-11-18(12-10-16)32(28,29)24-21(30-3)14-13-20(23(24)31-4)25-15-22(27)26-19-8-6-5-7-17(19)2/h5-14,25H,15H2,1-4H3,(H,26,27). The topological polar surface area (TPSA) is 93.7 Å². The van der Waals surface area contributed by atoms with E-state index in [2.05, 4.69) is 10.6 Å². The lowest BCUT2D eigenvalue weighted by Crippen LogP contribution is -2.22. The first kappa shape index (κ1) is 23.1. The maximum Gasteiger partial charge on any atom is 0.243 e. The molecule has 0 spiro atoms. The fraction of sp³-hybridized carbons (Fsp3) is 0.208. The molecule has 0 aromatic heterocycles. The highest BCUT2D eigenvalue weighted by Gasteiger charge is 2.29. The van der Waals surface area contributed by atoms with Crippen molar-refractivity contribution in [1.82, 2.24) is 0 Å². The molecule has 7 nitrogen and oxygen atoms in total. The monoisotopic (exact) mass is 454 g/mol. The van der Waals surface area contributed by atoms with Gasteiger partial charge in [0.05, 0.1) is 31.3 Å². The summed E-state index contributed by atoms with van der Waals surface area (Å²) in [5.74, 6) is -0.0499. The molecule has 0 atom stereocenters. The van der Waals surface area contributed by atoms with Crippen molar-refractivity contribution < 1.29 is 22.7 Å². The van der Waals surface area contributed by atoms with Gasteiger partial charge in [-0.2, -0.15) is 0 Å². The first-order valence-corrected chi connectivity index (χ1v) is 11.4. The summed E-state index contributed by atoms with van der Waals surface area (Å²) < 4.78 is 37.6. The van der Waals surface area contributed by atoms with Gasteiger partial charge in [0, 0.05) is 5.69 Å². The minimum atomic E-state index is -3.95. The Morgan fingerprint density at radius 2 is 1.56 bits per heavy atom. The molecule has 2 N–H and O–H groups in total. The number of ether oxygens (including phenoxy) is 2. The molecule has 0 aliphatic carbocycles. The Hall–Kier alpha value is -3.52. The Morgan fingerprint density at radius 1 is 0.875 bits per heavy atom. The van der Waals surface area contributed by atoms with Crippen molar-refractivity contribution in [3.8, 4) is 11.5 Å². The van der Waals surface area contributed by atoms with E-state index in [1.54, 1.807) is 30.3 Å². The van der Waals surface area contributed by atoms with E-state index >= 15 is 0 Å². The van der Waals surface area contributed by atoms with Crippen molar-refractivity contribution in [3.05, 3.63) is 71.8 Å². The zero-order valence-electron chi connectivity index (χ0n) is 18.4. The van der Waals surface area contributed by atoms with E-state index in [0.717, 1.165) is 11.1 Å². The van der Waals surface area contributed by atoms with Gasteiger partial charge in [-0.25, -0.2) is 8.42 Å². The predicted octanol–water partition coefficient (Wildman–Crippen LogP) is 4.20. The van der Waals surface area contributed by atoms with Crippen molar-refractivity contribution >= 4 is 27.1 Å². The van der Waals surface area contributed by atoms with Crippen molar-refractivity contribution in [3.63, 3.8) is 0 Å². The van der Waals surface area contributed by atoms with Crippen LogP contribution in [0.15, 0.2) is 70.5 Å². The summed E-state index contributed by atoms with van der Waals surface area (Å²) in [7, 11) is -1.18. The zero-order valence-corrected chi connectivity index (χ0v) is 19.2. The molecule has 32 heavy (non-hydrogen) atoms. The lowest BCUT2D eigenvalue weighted by Gasteiger charge is -2.18. The molecule has 0 unspecified atom stereocenters. The normalized spacial score (nSPS) is 11.0. The molecule has 168 valence electrons. The molecule has 3 rings (SSSR count). The molecule has 0 aliphatic heterocycles. The predicted molar refractivity (Wildman–Crippen MR) is 124 cm³/mol. The van der Waals surface area contributed by atoms with Crippen LogP contribution in [0.2, 0.25) is 0 Å². The Kier molecular flexibility index (Phi) is 7.05. The van der Waals surface area contributed by atoms with Gasteiger partial charge in [0.1, 0.15) is 5.75 Å². The van der Waals surface area contributed by atoms with Crippen LogP contribution in [0.4, 0.5) is 11.4 Å². The van der Waals surface area contributed by atoms with Gasteiger partial charge >= 0.3 is 0 Å². The summed E-state index contributed by atoms with van der Waals surface area (Å²) in [4.78, 5) is 12.5. The van der Waals surface area contributed by atoms with E-state index in [1.807, 2.05) is 38.1 Å². The minimum absolute atomic E-state index is 0.0774. The average Bonchev–Trinajstić information content (AvgIpc) is 2.78.